The standard InChI is InChI=1S/C13H16ClNO3/c1-9-8-18-7-6-15(9)11-5-3-4-10(14)12(11)13(16)17-2/h3-5,9H,6-8H2,1-2H3. The lowest BCUT2D eigenvalue weighted by Gasteiger charge is -2.36. The summed E-state index contributed by atoms with van der Waals surface area (Å²) < 4.78 is 10.2. The van der Waals surface area contributed by atoms with Crippen LogP contribution in [0, 0.1) is 0 Å². The molecule has 0 radical (unpaired) electrons. The molecular formula is C13H16ClNO3. The third kappa shape index (κ3) is 2.44. The van der Waals surface area contributed by atoms with Gasteiger partial charge in [0.1, 0.15) is 5.56 Å². The molecule has 5 heteroatoms. The first kappa shape index (κ1) is 13.2. The summed E-state index contributed by atoms with van der Waals surface area (Å²) >= 11 is 6.11. The number of esters is 1. The summed E-state index contributed by atoms with van der Waals surface area (Å²) in [4.78, 5) is 14.0. The average Bonchev–Trinajstić information content (AvgIpc) is 2.38. The molecule has 1 aliphatic heterocycles. The summed E-state index contributed by atoms with van der Waals surface area (Å²) in [6, 6.07) is 5.63. The first-order chi connectivity index (χ1) is 8.65. The fourth-order valence-electron chi connectivity index (χ4n) is 2.14. The molecular weight excluding hydrogens is 254 g/mol. The van der Waals surface area contributed by atoms with Gasteiger partial charge >= 0.3 is 5.97 Å². The second-order valence-corrected chi connectivity index (χ2v) is 4.65. The van der Waals surface area contributed by atoms with E-state index in [4.69, 9.17) is 21.1 Å². The molecule has 0 aliphatic carbocycles. The number of hydrogen-bond acceptors (Lipinski definition) is 4. The van der Waals surface area contributed by atoms with E-state index in [0.29, 0.717) is 23.8 Å². The maximum absolute atomic E-state index is 11.8. The molecule has 1 aromatic rings. The van der Waals surface area contributed by atoms with Crippen molar-refractivity contribution in [2.75, 3.05) is 31.8 Å². The van der Waals surface area contributed by atoms with Gasteiger partial charge in [-0.3, -0.25) is 0 Å². The van der Waals surface area contributed by atoms with Crippen LogP contribution in [-0.2, 0) is 9.47 Å². The Morgan fingerprint density at radius 1 is 1.56 bits per heavy atom. The topological polar surface area (TPSA) is 38.8 Å². The molecule has 0 N–H and O–H groups in total. The van der Waals surface area contributed by atoms with Gasteiger partial charge in [-0.1, -0.05) is 17.7 Å². The molecule has 98 valence electrons. The van der Waals surface area contributed by atoms with Crippen molar-refractivity contribution < 1.29 is 14.3 Å². The van der Waals surface area contributed by atoms with Crippen molar-refractivity contribution in [3.63, 3.8) is 0 Å². The molecule has 1 aromatic carbocycles. The van der Waals surface area contributed by atoms with Gasteiger partial charge in [-0.05, 0) is 19.1 Å². The second kappa shape index (κ2) is 5.59. The van der Waals surface area contributed by atoms with E-state index >= 15 is 0 Å². The lowest BCUT2D eigenvalue weighted by atomic mass is 10.1. The Balaban J connectivity index is 2.43. The number of anilines is 1. The predicted molar refractivity (Wildman–Crippen MR) is 70.4 cm³/mol. The van der Waals surface area contributed by atoms with Crippen LogP contribution in [0.2, 0.25) is 5.02 Å². The van der Waals surface area contributed by atoms with Crippen LogP contribution < -0.4 is 4.90 Å². The molecule has 1 fully saturated rings. The molecule has 0 bridgehead atoms. The quantitative estimate of drug-likeness (QED) is 0.773. The Hall–Kier alpha value is -1.26. The van der Waals surface area contributed by atoms with Crippen LogP contribution in [0.3, 0.4) is 0 Å². The minimum absolute atomic E-state index is 0.209. The molecule has 0 amide bonds. The van der Waals surface area contributed by atoms with Gasteiger partial charge in [-0.25, -0.2) is 4.79 Å². The largest absolute Gasteiger partial charge is 0.465 e. The molecule has 1 atom stereocenters. The monoisotopic (exact) mass is 269 g/mol. The van der Waals surface area contributed by atoms with Crippen molar-refractivity contribution in [2.45, 2.75) is 13.0 Å². The molecule has 4 nitrogen and oxygen atoms in total. The molecule has 2 rings (SSSR count). The van der Waals surface area contributed by atoms with E-state index in [2.05, 4.69) is 11.8 Å². The number of ether oxygens (including phenoxy) is 2. The fourth-order valence-corrected chi connectivity index (χ4v) is 2.39. The molecule has 0 spiro atoms. The maximum atomic E-state index is 11.8. The molecule has 1 unspecified atom stereocenters. The highest BCUT2D eigenvalue weighted by Gasteiger charge is 2.25. The molecule has 0 aromatic heterocycles. The molecule has 18 heavy (non-hydrogen) atoms. The first-order valence-electron chi connectivity index (χ1n) is 5.86. The van der Waals surface area contributed by atoms with Gasteiger partial charge in [0.25, 0.3) is 0 Å². The van der Waals surface area contributed by atoms with E-state index in [-0.39, 0.29) is 6.04 Å². The number of halogens is 1. The number of nitrogens with zero attached hydrogens (tertiary/aromatic N) is 1. The smallest absolute Gasteiger partial charge is 0.341 e. The van der Waals surface area contributed by atoms with Crippen molar-refractivity contribution in [3.8, 4) is 0 Å². The first-order valence-corrected chi connectivity index (χ1v) is 6.24. The maximum Gasteiger partial charge on any atom is 0.341 e. The summed E-state index contributed by atoms with van der Waals surface area (Å²) in [5.74, 6) is -0.408. The van der Waals surface area contributed by atoms with Crippen molar-refractivity contribution in [1.29, 1.82) is 0 Å². The van der Waals surface area contributed by atoms with Gasteiger partial charge in [-0.2, -0.15) is 0 Å². The van der Waals surface area contributed by atoms with Gasteiger partial charge in [0.05, 0.1) is 31.0 Å². The number of rotatable bonds is 2. The third-order valence-electron chi connectivity index (χ3n) is 3.06. The van der Waals surface area contributed by atoms with Crippen LogP contribution in [0.4, 0.5) is 5.69 Å². The number of carbonyl (C=O) groups is 1. The molecule has 0 saturated carbocycles. The normalized spacial score (nSPS) is 19.7. The number of methoxy groups -OCH3 is 1. The Morgan fingerprint density at radius 2 is 2.33 bits per heavy atom. The van der Waals surface area contributed by atoms with E-state index in [1.54, 1.807) is 6.07 Å². The van der Waals surface area contributed by atoms with E-state index in [9.17, 15) is 4.79 Å². The van der Waals surface area contributed by atoms with E-state index in [1.165, 1.54) is 7.11 Å². The molecule has 1 saturated heterocycles. The zero-order valence-electron chi connectivity index (χ0n) is 10.5. The Kier molecular flexibility index (Phi) is 4.09. The average molecular weight is 270 g/mol. The lowest BCUT2D eigenvalue weighted by molar-refractivity contribution is 0.0599. The zero-order chi connectivity index (χ0) is 13.1. The summed E-state index contributed by atoms with van der Waals surface area (Å²) in [6.07, 6.45) is 0. The summed E-state index contributed by atoms with van der Waals surface area (Å²) in [7, 11) is 1.36. The van der Waals surface area contributed by atoms with Crippen molar-refractivity contribution in [3.05, 3.63) is 28.8 Å². The highest BCUT2D eigenvalue weighted by molar-refractivity contribution is 6.34. The Morgan fingerprint density at radius 3 is 3.00 bits per heavy atom. The predicted octanol–water partition coefficient (Wildman–Crippen LogP) is 2.35. The van der Waals surface area contributed by atoms with Gasteiger partial charge < -0.3 is 14.4 Å². The minimum Gasteiger partial charge on any atom is -0.465 e. The van der Waals surface area contributed by atoms with E-state index in [1.807, 2.05) is 12.1 Å². The van der Waals surface area contributed by atoms with Crippen LogP contribution in [0.5, 0.6) is 0 Å². The zero-order valence-corrected chi connectivity index (χ0v) is 11.2. The number of morpholine rings is 1. The number of carbonyl (C=O) groups excluding carboxylic acids is 1. The highest BCUT2D eigenvalue weighted by Crippen LogP contribution is 2.30. The third-order valence-corrected chi connectivity index (χ3v) is 3.37. The van der Waals surface area contributed by atoms with Crippen LogP contribution in [0.1, 0.15) is 17.3 Å². The molecule has 1 aliphatic rings. The van der Waals surface area contributed by atoms with Gasteiger partial charge in [0.15, 0.2) is 0 Å². The number of hydrogen-bond donors (Lipinski definition) is 0. The lowest BCUT2D eigenvalue weighted by Crippen LogP contribution is -2.44. The van der Waals surface area contributed by atoms with Crippen LogP contribution >= 0.6 is 11.6 Å². The molecule has 1 heterocycles. The van der Waals surface area contributed by atoms with Crippen molar-refractivity contribution in [2.24, 2.45) is 0 Å². The van der Waals surface area contributed by atoms with E-state index in [0.717, 1.165) is 12.2 Å². The van der Waals surface area contributed by atoms with Crippen LogP contribution in [0.15, 0.2) is 18.2 Å². The van der Waals surface area contributed by atoms with Gasteiger partial charge in [-0.15, -0.1) is 0 Å². The minimum atomic E-state index is -0.408. The highest BCUT2D eigenvalue weighted by atomic mass is 35.5. The Labute approximate surface area is 111 Å². The van der Waals surface area contributed by atoms with Crippen LogP contribution in [0.25, 0.3) is 0 Å². The van der Waals surface area contributed by atoms with Crippen molar-refractivity contribution in [1.82, 2.24) is 0 Å². The summed E-state index contributed by atoms with van der Waals surface area (Å²) in [5, 5.41) is 0.415. The van der Waals surface area contributed by atoms with Crippen molar-refractivity contribution >= 4 is 23.3 Å². The Bertz CT molecular complexity index is 450. The summed E-state index contributed by atoms with van der Waals surface area (Å²) in [5.41, 5.74) is 1.24. The van der Waals surface area contributed by atoms with Crippen LogP contribution in [-0.4, -0.2) is 38.9 Å². The van der Waals surface area contributed by atoms with Gasteiger partial charge in [0, 0.05) is 12.6 Å². The second-order valence-electron chi connectivity index (χ2n) is 4.24. The summed E-state index contributed by atoms with van der Waals surface area (Å²) in [6.45, 7) is 4.09. The van der Waals surface area contributed by atoms with E-state index < -0.39 is 5.97 Å². The SMILES string of the molecule is COC(=O)c1c(Cl)cccc1N1CCOCC1C. The van der Waals surface area contributed by atoms with Gasteiger partial charge in [0.2, 0.25) is 0 Å². The fraction of sp³-hybridized carbons (Fsp3) is 0.462. The number of benzene rings is 1.